The van der Waals surface area contributed by atoms with Crippen LogP contribution in [-0.2, 0) is 0 Å². The molecule has 0 aliphatic carbocycles. The summed E-state index contributed by atoms with van der Waals surface area (Å²) >= 11 is 0. The van der Waals surface area contributed by atoms with Crippen LogP contribution >= 0.6 is 0 Å². The number of allylic oxidation sites excluding steroid dienone is 2. The van der Waals surface area contributed by atoms with Crippen molar-refractivity contribution in [3.05, 3.63) is 11.7 Å². The van der Waals surface area contributed by atoms with Crippen LogP contribution < -0.4 is 0 Å². The Bertz CT molecular complexity index is 591. The highest BCUT2D eigenvalue weighted by Crippen LogP contribution is 2.61. The molecule has 1 N–H and O–H groups in total. The Balaban J connectivity index is 6.66. The van der Waals surface area contributed by atoms with Crippen LogP contribution in [0.3, 0.4) is 0 Å². The third-order valence-electron chi connectivity index (χ3n) is 2.67. The topological polar surface area (TPSA) is 20.2 Å². The van der Waals surface area contributed by atoms with Crippen LogP contribution in [0, 0.1) is 0 Å². The van der Waals surface area contributed by atoms with E-state index in [1.165, 1.54) is 0 Å². The molecular formula is C9HF17O. The van der Waals surface area contributed by atoms with Crippen molar-refractivity contribution >= 4 is 0 Å². The molecule has 0 amide bonds. The maximum atomic E-state index is 12.9. The largest absolute Gasteiger partial charge is 0.445 e. The number of rotatable bonds is 6. The lowest BCUT2D eigenvalue weighted by Gasteiger charge is -2.39. The van der Waals surface area contributed by atoms with Gasteiger partial charge in [0.15, 0.2) is 0 Å². The molecule has 18 heteroatoms. The van der Waals surface area contributed by atoms with Crippen LogP contribution in [-0.4, -0.2) is 47.0 Å². The fourth-order valence-electron chi connectivity index (χ4n) is 1.18. The van der Waals surface area contributed by atoms with E-state index >= 15 is 0 Å². The van der Waals surface area contributed by atoms with E-state index in [0.717, 1.165) is 0 Å². The summed E-state index contributed by atoms with van der Waals surface area (Å²) in [6.45, 7) is 0. The van der Waals surface area contributed by atoms with Gasteiger partial charge >= 0.3 is 41.9 Å². The number of alkyl halides is 15. The molecule has 0 saturated carbocycles. The Hall–Kier alpha value is -1.49. The van der Waals surface area contributed by atoms with Crippen LogP contribution in [0.2, 0.25) is 0 Å². The van der Waals surface area contributed by atoms with Crippen LogP contribution in [0.4, 0.5) is 74.6 Å². The smallest absolute Gasteiger partial charge is 0.331 e. The Kier molecular flexibility index (Phi) is 5.92. The van der Waals surface area contributed by atoms with Gasteiger partial charge in [-0.1, -0.05) is 0 Å². The van der Waals surface area contributed by atoms with Gasteiger partial charge in [-0.05, 0) is 0 Å². The second-order valence-corrected chi connectivity index (χ2v) is 4.54. The van der Waals surface area contributed by atoms with E-state index in [1.807, 2.05) is 0 Å². The lowest BCUT2D eigenvalue weighted by atomic mass is 9.93. The number of hydrogen-bond acceptors (Lipinski definition) is 1. The van der Waals surface area contributed by atoms with Crippen molar-refractivity contribution in [2.24, 2.45) is 0 Å². The van der Waals surface area contributed by atoms with Crippen molar-refractivity contribution in [1.82, 2.24) is 0 Å². The molecule has 162 valence electrons. The first kappa shape index (κ1) is 25.5. The summed E-state index contributed by atoms with van der Waals surface area (Å²) in [7, 11) is 0. The molecule has 0 saturated heterocycles. The van der Waals surface area contributed by atoms with Crippen LogP contribution in [0.1, 0.15) is 0 Å². The lowest BCUT2D eigenvalue weighted by molar-refractivity contribution is -0.450. The van der Waals surface area contributed by atoms with Gasteiger partial charge in [0.1, 0.15) is 0 Å². The standard InChI is InChI=1S/C9HF17O/c10-1(2(11)4(14,15)16)3(12,13)5(17,18)6(19,20)7(21,22)8(23,24)9(25,26)27/h27H. The van der Waals surface area contributed by atoms with Gasteiger partial charge in [0, 0.05) is 0 Å². The Morgan fingerprint density at radius 3 is 1.00 bits per heavy atom. The maximum absolute atomic E-state index is 12.9. The highest BCUT2D eigenvalue weighted by molar-refractivity contribution is 5.22. The molecule has 0 aromatic heterocycles. The first-order valence-corrected chi connectivity index (χ1v) is 5.44. The molecule has 0 heterocycles. The molecule has 0 radical (unpaired) electrons. The molecule has 27 heavy (non-hydrogen) atoms. The molecular weight excluding hydrogens is 447 g/mol. The molecule has 0 aliphatic heterocycles. The quantitative estimate of drug-likeness (QED) is 0.536. The Morgan fingerprint density at radius 1 is 0.444 bits per heavy atom. The first-order chi connectivity index (χ1) is 11.3. The lowest BCUT2D eigenvalue weighted by Crippen LogP contribution is -2.70. The summed E-state index contributed by atoms with van der Waals surface area (Å²) in [5.41, 5.74) is 0. The van der Waals surface area contributed by atoms with E-state index in [9.17, 15) is 74.6 Å². The van der Waals surface area contributed by atoms with Crippen molar-refractivity contribution in [1.29, 1.82) is 0 Å². The molecule has 0 unspecified atom stereocenters. The van der Waals surface area contributed by atoms with Gasteiger partial charge in [0.2, 0.25) is 11.7 Å². The van der Waals surface area contributed by atoms with Gasteiger partial charge in [-0.3, -0.25) is 0 Å². The van der Waals surface area contributed by atoms with Gasteiger partial charge in [0.25, 0.3) is 0 Å². The zero-order valence-corrected chi connectivity index (χ0v) is 11.4. The zero-order chi connectivity index (χ0) is 22.7. The summed E-state index contributed by atoms with van der Waals surface area (Å²) in [4.78, 5) is 0. The number of aliphatic hydroxyl groups is 1. The third-order valence-corrected chi connectivity index (χ3v) is 2.67. The zero-order valence-electron chi connectivity index (χ0n) is 11.4. The molecule has 0 aromatic rings. The molecule has 0 atom stereocenters. The van der Waals surface area contributed by atoms with Crippen molar-refractivity contribution in [2.45, 2.75) is 41.9 Å². The van der Waals surface area contributed by atoms with Crippen molar-refractivity contribution in [3.8, 4) is 0 Å². The van der Waals surface area contributed by atoms with Crippen LogP contribution in [0.5, 0.6) is 0 Å². The second kappa shape index (κ2) is 6.26. The predicted octanol–water partition coefficient (Wildman–Crippen LogP) is 5.46. The summed E-state index contributed by atoms with van der Waals surface area (Å²) in [5.74, 6) is -50.9. The molecule has 0 aromatic carbocycles. The fourth-order valence-corrected chi connectivity index (χ4v) is 1.18. The van der Waals surface area contributed by atoms with Gasteiger partial charge in [-0.2, -0.15) is 70.2 Å². The van der Waals surface area contributed by atoms with Crippen molar-refractivity contribution in [2.75, 3.05) is 0 Å². The maximum Gasteiger partial charge on any atom is 0.445 e. The van der Waals surface area contributed by atoms with E-state index in [4.69, 9.17) is 5.11 Å². The highest BCUT2D eigenvalue weighted by Gasteiger charge is 2.91. The average molecular weight is 448 g/mol. The van der Waals surface area contributed by atoms with E-state index in [0.29, 0.717) is 0 Å². The van der Waals surface area contributed by atoms with E-state index in [1.54, 1.807) is 0 Å². The van der Waals surface area contributed by atoms with Gasteiger partial charge in [0.05, 0.1) is 0 Å². The Morgan fingerprint density at radius 2 is 0.741 bits per heavy atom. The molecule has 0 rings (SSSR count). The normalized spacial score (nSPS) is 17.1. The average Bonchev–Trinajstić information content (AvgIpc) is 2.42. The highest BCUT2D eigenvalue weighted by atomic mass is 19.4. The van der Waals surface area contributed by atoms with Gasteiger partial charge in [-0.15, -0.1) is 0 Å². The minimum Gasteiger partial charge on any atom is -0.331 e. The Labute approximate surface area is 135 Å². The summed E-state index contributed by atoms with van der Waals surface area (Å²) in [6.07, 6.45) is -14.1. The van der Waals surface area contributed by atoms with E-state index in [-0.39, 0.29) is 0 Å². The third kappa shape index (κ3) is 3.51. The fraction of sp³-hybridized carbons (Fsp3) is 0.778. The molecule has 0 bridgehead atoms. The second-order valence-electron chi connectivity index (χ2n) is 4.54. The van der Waals surface area contributed by atoms with E-state index in [2.05, 4.69) is 0 Å². The van der Waals surface area contributed by atoms with Crippen LogP contribution in [0.15, 0.2) is 11.7 Å². The molecule has 0 spiro atoms. The summed E-state index contributed by atoms with van der Waals surface area (Å²) in [6, 6.07) is 0. The van der Waals surface area contributed by atoms with E-state index < -0.39 is 53.6 Å². The van der Waals surface area contributed by atoms with Crippen molar-refractivity contribution in [3.63, 3.8) is 0 Å². The summed E-state index contributed by atoms with van der Waals surface area (Å²) < 4.78 is 212. The first-order valence-electron chi connectivity index (χ1n) is 5.44. The molecule has 0 fully saturated rings. The predicted molar refractivity (Wildman–Crippen MR) is 47.2 cm³/mol. The van der Waals surface area contributed by atoms with Gasteiger partial charge in [-0.25, -0.2) is 4.39 Å². The number of halogens is 17. The summed E-state index contributed by atoms with van der Waals surface area (Å²) in [5, 5.41) is 7.40. The van der Waals surface area contributed by atoms with Crippen molar-refractivity contribution < 1.29 is 79.7 Å². The molecule has 1 nitrogen and oxygen atoms in total. The SMILES string of the molecule is OC(F)(F)C(F)(F)C(F)(F)C(F)(F)C(F)(F)C(F)(F)C(F)=C(F)C(F)(F)F. The number of hydrogen-bond donors (Lipinski definition) is 1. The van der Waals surface area contributed by atoms with Gasteiger partial charge < -0.3 is 5.11 Å². The monoisotopic (exact) mass is 448 g/mol. The molecule has 0 aliphatic rings. The minimum absolute atomic E-state index is 4.83. The minimum atomic E-state index is -8.46. The van der Waals surface area contributed by atoms with Crippen LogP contribution in [0.25, 0.3) is 0 Å².